The predicted molar refractivity (Wildman–Crippen MR) is 67.5 cm³/mol. The molecule has 0 radical (unpaired) electrons. The molecular formula is C12H28N2O2. The predicted octanol–water partition coefficient (Wildman–Crippen LogP) is 1.00. The van der Waals surface area contributed by atoms with Crippen LogP contribution in [0.25, 0.3) is 0 Å². The van der Waals surface area contributed by atoms with Gasteiger partial charge in [0.05, 0.1) is 0 Å². The Bertz CT molecular complexity index is 152. The molecule has 0 saturated heterocycles. The van der Waals surface area contributed by atoms with Crippen LogP contribution >= 0.6 is 0 Å². The lowest BCUT2D eigenvalue weighted by Gasteiger charge is -2.14. The largest absolute Gasteiger partial charge is 0.368 e. The molecule has 0 rings (SSSR count). The lowest BCUT2D eigenvalue weighted by Crippen LogP contribution is -2.18. The van der Waals surface area contributed by atoms with Crippen molar-refractivity contribution >= 4 is 0 Å². The molecule has 0 aliphatic rings. The van der Waals surface area contributed by atoms with E-state index in [0.717, 1.165) is 38.8 Å². The summed E-state index contributed by atoms with van der Waals surface area (Å²) in [7, 11) is 8.21. The first kappa shape index (κ1) is 15.8. The zero-order valence-corrected chi connectivity index (χ0v) is 11.3. The summed E-state index contributed by atoms with van der Waals surface area (Å²) in [6.07, 6.45) is 3.26. The van der Waals surface area contributed by atoms with Gasteiger partial charge in [-0.25, -0.2) is 0 Å². The Labute approximate surface area is 100 Å². The van der Waals surface area contributed by atoms with Gasteiger partial charge in [-0.3, -0.25) is 0 Å². The highest BCUT2D eigenvalue weighted by Gasteiger charge is 2.03. The minimum Gasteiger partial charge on any atom is -0.368 e. The van der Waals surface area contributed by atoms with Crippen molar-refractivity contribution in [3.8, 4) is 0 Å². The zero-order valence-electron chi connectivity index (χ0n) is 11.3. The maximum absolute atomic E-state index is 9.52. The van der Waals surface area contributed by atoms with E-state index in [-0.39, 0.29) is 0 Å². The third-order valence-corrected chi connectivity index (χ3v) is 2.37. The van der Waals surface area contributed by atoms with Crippen molar-refractivity contribution in [3.63, 3.8) is 0 Å². The van der Waals surface area contributed by atoms with E-state index in [4.69, 9.17) is 4.74 Å². The second-order valence-electron chi connectivity index (χ2n) is 4.78. The molecule has 98 valence electrons. The number of hydrogen-bond acceptors (Lipinski definition) is 4. The molecule has 0 fully saturated rings. The summed E-state index contributed by atoms with van der Waals surface area (Å²) in [4.78, 5) is 4.28. The minimum atomic E-state index is -0.584. The summed E-state index contributed by atoms with van der Waals surface area (Å²) in [5.74, 6) is 0. The van der Waals surface area contributed by atoms with Gasteiger partial charge in [0.15, 0.2) is 6.29 Å². The number of aliphatic hydroxyl groups is 1. The van der Waals surface area contributed by atoms with Crippen molar-refractivity contribution in [1.29, 1.82) is 0 Å². The molecule has 1 atom stereocenters. The fourth-order valence-corrected chi connectivity index (χ4v) is 1.41. The van der Waals surface area contributed by atoms with Gasteiger partial charge in [0.2, 0.25) is 0 Å². The molecule has 0 aromatic rings. The molecule has 0 amide bonds. The zero-order chi connectivity index (χ0) is 12.4. The number of aliphatic hydroxyl groups excluding tert-OH is 1. The van der Waals surface area contributed by atoms with Crippen LogP contribution in [0.5, 0.6) is 0 Å². The van der Waals surface area contributed by atoms with Crippen LogP contribution in [-0.4, -0.2) is 69.1 Å². The van der Waals surface area contributed by atoms with Crippen LogP contribution in [0.4, 0.5) is 0 Å². The fourth-order valence-electron chi connectivity index (χ4n) is 1.41. The van der Waals surface area contributed by atoms with E-state index in [1.807, 2.05) is 14.1 Å². The molecule has 16 heavy (non-hydrogen) atoms. The Morgan fingerprint density at radius 3 is 2.06 bits per heavy atom. The summed E-state index contributed by atoms with van der Waals surface area (Å²) < 4.78 is 5.32. The van der Waals surface area contributed by atoms with Gasteiger partial charge in [0.25, 0.3) is 0 Å². The molecule has 0 aromatic carbocycles. The third kappa shape index (κ3) is 11.9. The highest BCUT2D eigenvalue weighted by molar-refractivity contribution is 4.49. The molecule has 4 heteroatoms. The number of nitrogens with zero attached hydrogens (tertiary/aromatic N) is 2. The first-order chi connectivity index (χ1) is 7.52. The molecule has 0 saturated carbocycles. The average Bonchev–Trinajstić information content (AvgIpc) is 2.16. The Morgan fingerprint density at radius 1 is 0.938 bits per heavy atom. The summed E-state index contributed by atoms with van der Waals surface area (Å²) in [5, 5.41) is 9.52. The van der Waals surface area contributed by atoms with E-state index in [9.17, 15) is 5.11 Å². The molecule has 0 aromatic heterocycles. The Kier molecular flexibility index (Phi) is 9.92. The van der Waals surface area contributed by atoms with Crippen LogP contribution in [0.2, 0.25) is 0 Å². The van der Waals surface area contributed by atoms with E-state index in [1.165, 1.54) is 0 Å². The third-order valence-electron chi connectivity index (χ3n) is 2.37. The molecule has 0 aliphatic heterocycles. The average molecular weight is 232 g/mol. The minimum absolute atomic E-state index is 0.584. The van der Waals surface area contributed by atoms with Crippen LogP contribution in [-0.2, 0) is 4.74 Å². The molecule has 0 bridgehead atoms. The van der Waals surface area contributed by atoms with Crippen LogP contribution in [0.1, 0.15) is 25.7 Å². The molecule has 0 heterocycles. The van der Waals surface area contributed by atoms with E-state index in [2.05, 4.69) is 23.9 Å². The summed E-state index contributed by atoms with van der Waals surface area (Å²) in [6, 6.07) is 0. The van der Waals surface area contributed by atoms with Gasteiger partial charge >= 0.3 is 0 Å². The summed E-state index contributed by atoms with van der Waals surface area (Å²) in [5.41, 5.74) is 0. The standard InChI is InChI=1S/C12H28N2O2/c1-13(2)9-5-6-11-16-12(15)8-7-10-14(3)4/h12,15H,5-11H2,1-4H3. The van der Waals surface area contributed by atoms with Crippen molar-refractivity contribution in [2.45, 2.75) is 32.0 Å². The number of hydrogen-bond donors (Lipinski definition) is 1. The van der Waals surface area contributed by atoms with Crippen molar-refractivity contribution < 1.29 is 9.84 Å². The van der Waals surface area contributed by atoms with Crippen molar-refractivity contribution in [2.75, 3.05) is 47.9 Å². The fraction of sp³-hybridized carbons (Fsp3) is 1.00. The van der Waals surface area contributed by atoms with Gasteiger partial charge in [-0.1, -0.05) is 0 Å². The van der Waals surface area contributed by atoms with Gasteiger partial charge in [0.1, 0.15) is 0 Å². The van der Waals surface area contributed by atoms with E-state index < -0.39 is 6.29 Å². The normalized spacial score (nSPS) is 13.7. The maximum atomic E-state index is 9.52. The van der Waals surface area contributed by atoms with Crippen molar-refractivity contribution in [3.05, 3.63) is 0 Å². The quantitative estimate of drug-likeness (QED) is 0.450. The van der Waals surface area contributed by atoms with Crippen molar-refractivity contribution in [2.24, 2.45) is 0 Å². The number of ether oxygens (including phenoxy) is 1. The lowest BCUT2D eigenvalue weighted by atomic mass is 10.3. The monoisotopic (exact) mass is 232 g/mol. The molecule has 0 aliphatic carbocycles. The number of unbranched alkanes of at least 4 members (excludes halogenated alkanes) is 1. The first-order valence-corrected chi connectivity index (χ1v) is 6.11. The summed E-state index contributed by atoms with van der Waals surface area (Å²) >= 11 is 0. The van der Waals surface area contributed by atoms with E-state index in [1.54, 1.807) is 0 Å². The van der Waals surface area contributed by atoms with E-state index >= 15 is 0 Å². The lowest BCUT2D eigenvalue weighted by molar-refractivity contribution is -0.105. The van der Waals surface area contributed by atoms with Crippen LogP contribution in [0.15, 0.2) is 0 Å². The highest BCUT2D eigenvalue weighted by atomic mass is 16.6. The molecule has 0 spiro atoms. The summed E-state index contributed by atoms with van der Waals surface area (Å²) in [6.45, 7) is 2.75. The van der Waals surface area contributed by atoms with Gasteiger partial charge in [-0.05, 0) is 67.0 Å². The Hall–Kier alpha value is -0.160. The second-order valence-corrected chi connectivity index (χ2v) is 4.78. The Balaban J connectivity index is 3.20. The van der Waals surface area contributed by atoms with Gasteiger partial charge < -0.3 is 19.6 Å². The SMILES string of the molecule is CN(C)CCCCOC(O)CCCN(C)C. The topological polar surface area (TPSA) is 35.9 Å². The second kappa shape index (κ2) is 10.0. The van der Waals surface area contributed by atoms with Gasteiger partial charge in [0, 0.05) is 6.61 Å². The molecule has 1 unspecified atom stereocenters. The van der Waals surface area contributed by atoms with E-state index in [0.29, 0.717) is 6.61 Å². The van der Waals surface area contributed by atoms with Gasteiger partial charge in [-0.15, -0.1) is 0 Å². The molecule has 1 N–H and O–H groups in total. The van der Waals surface area contributed by atoms with Crippen LogP contribution in [0.3, 0.4) is 0 Å². The van der Waals surface area contributed by atoms with Crippen molar-refractivity contribution in [1.82, 2.24) is 9.80 Å². The van der Waals surface area contributed by atoms with Gasteiger partial charge in [-0.2, -0.15) is 0 Å². The number of rotatable bonds is 10. The first-order valence-electron chi connectivity index (χ1n) is 6.11. The maximum Gasteiger partial charge on any atom is 0.154 e. The highest BCUT2D eigenvalue weighted by Crippen LogP contribution is 2.01. The molecular weight excluding hydrogens is 204 g/mol. The molecule has 4 nitrogen and oxygen atoms in total. The van der Waals surface area contributed by atoms with Crippen LogP contribution < -0.4 is 0 Å². The van der Waals surface area contributed by atoms with Crippen LogP contribution in [0, 0.1) is 0 Å². The Morgan fingerprint density at radius 2 is 1.50 bits per heavy atom. The smallest absolute Gasteiger partial charge is 0.154 e.